The molecule has 2 aromatic heterocycles. The third-order valence-corrected chi connectivity index (χ3v) is 6.73. The average Bonchev–Trinajstić information content (AvgIpc) is 3.40. The van der Waals surface area contributed by atoms with E-state index in [1.165, 1.54) is 11.8 Å². The highest BCUT2D eigenvalue weighted by molar-refractivity contribution is 7.99. The maximum atomic E-state index is 12.4. The summed E-state index contributed by atoms with van der Waals surface area (Å²) in [7, 11) is 1.92. The molecular weight excluding hydrogens is 448 g/mol. The van der Waals surface area contributed by atoms with Gasteiger partial charge in [-0.05, 0) is 31.2 Å². The molecule has 170 valence electrons. The third-order valence-electron chi connectivity index (χ3n) is 4.92. The molecule has 0 radical (unpaired) electrons. The first kappa shape index (κ1) is 22.6. The van der Waals surface area contributed by atoms with E-state index in [0.29, 0.717) is 45.1 Å². The number of thioether (sulfide) groups is 1. The van der Waals surface area contributed by atoms with Crippen LogP contribution >= 0.6 is 23.1 Å². The lowest BCUT2D eigenvalue weighted by molar-refractivity contribution is -0.132. The zero-order chi connectivity index (χ0) is 22.3. The highest BCUT2D eigenvalue weighted by Crippen LogP contribution is 2.24. The van der Waals surface area contributed by atoms with Crippen molar-refractivity contribution in [3.8, 4) is 5.75 Å². The molecule has 1 fully saturated rings. The fourth-order valence-corrected chi connectivity index (χ4v) is 4.75. The predicted octanol–water partition coefficient (Wildman–Crippen LogP) is 2.96. The van der Waals surface area contributed by atoms with Crippen molar-refractivity contribution in [3.05, 3.63) is 41.2 Å². The van der Waals surface area contributed by atoms with Gasteiger partial charge in [-0.2, -0.15) is 0 Å². The van der Waals surface area contributed by atoms with Gasteiger partial charge in [-0.3, -0.25) is 4.79 Å². The summed E-state index contributed by atoms with van der Waals surface area (Å²) in [5, 5.41) is 15.4. The molecule has 32 heavy (non-hydrogen) atoms. The Morgan fingerprint density at radius 1 is 1.25 bits per heavy atom. The molecule has 1 saturated heterocycles. The van der Waals surface area contributed by atoms with Gasteiger partial charge < -0.3 is 24.3 Å². The summed E-state index contributed by atoms with van der Waals surface area (Å²) < 4.78 is 12.7. The second-order valence-corrected chi connectivity index (χ2v) is 8.94. The van der Waals surface area contributed by atoms with Crippen molar-refractivity contribution in [3.63, 3.8) is 0 Å². The molecule has 1 aromatic carbocycles. The fraction of sp³-hybridized carbons (Fsp3) is 0.429. The Morgan fingerprint density at radius 2 is 2.03 bits per heavy atom. The van der Waals surface area contributed by atoms with Gasteiger partial charge in [-0.15, -0.1) is 21.5 Å². The number of carbonyl (C=O) groups is 1. The van der Waals surface area contributed by atoms with Crippen LogP contribution in [0.5, 0.6) is 5.75 Å². The number of morpholine rings is 1. The van der Waals surface area contributed by atoms with Gasteiger partial charge in [0.1, 0.15) is 11.6 Å². The number of amides is 1. The van der Waals surface area contributed by atoms with E-state index in [0.717, 1.165) is 33.2 Å². The largest absolute Gasteiger partial charge is 0.494 e. The lowest BCUT2D eigenvalue weighted by atomic mass is 10.3. The standard InChI is InChI=1S/C21H26N6O3S2/c1-3-30-17-6-4-15(5-7-17)22-20-23-16(13-31-20)12-18-24-25-21(26(18)2)32-14-19(28)27-8-10-29-11-9-27/h4-7,13H,3,8-12,14H2,1-2H3,(H,22,23). The van der Waals surface area contributed by atoms with Gasteiger partial charge in [0.05, 0.1) is 37.7 Å². The molecule has 11 heteroatoms. The number of benzene rings is 1. The number of thiazole rings is 1. The predicted molar refractivity (Wildman–Crippen MR) is 125 cm³/mol. The number of aromatic nitrogens is 4. The number of hydrogen-bond acceptors (Lipinski definition) is 9. The molecule has 3 heterocycles. The first-order valence-corrected chi connectivity index (χ1v) is 12.3. The molecule has 0 saturated carbocycles. The van der Waals surface area contributed by atoms with Crippen LogP contribution in [0.1, 0.15) is 18.4 Å². The van der Waals surface area contributed by atoms with E-state index in [9.17, 15) is 4.79 Å². The summed E-state index contributed by atoms with van der Waals surface area (Å²) in [5.41, 5.74) is 1.87. The molecule has 3 aromatic rings. The van der Waals surface area contributed by atoms with Gasteiger partial charge in [0, 0.05) is 31.2 Å². The molecular formula is C21H26N6O3S2. The van der Waals surface area contributed by atoms with Gasteiger partial charge in [0.2, 0.25) is 5.91 Å². The molecule has 9 nitrogen and oxygen atoms in total. The minimum absolute atomic E-state index is 0.104. The van der Waals surface area contributed by atoms with Crippen molar-refractivity contribution < 1.29 is 14.3 Å². The van der Waals surface area contributed by atoms with Crippen LogP contribution in [-0.4, -0.2) is 69.2 Å². The Hall–Kier alpha value is -2.63. The topological polar surface area (TPSA) is 94.4 Å². The normalized spacial score (nSPS) is 13.9. The van der Waals surface area contributed by atoms with E-state index in [4.69, 9.17) is 9.47 Å². The summed E-state index contributed by atoms with van der Waals surface area (Å²) in [6, 6.07) is 7.80. The molecule has 1 aliphatic rings. The van der Waals surface area contributed by atoms with Crippen LogP contribution < -0.4 is 10.1 Å². The quantitative estimate of drug-likeness (QED) is 0.473. The third kappa shape index (κ3) is 5.78. The maximum absolute atomic E-state index is 12.4. The van der Waals surface area contributed by atoms with Crippen LogP contribution in [-0.2, 0) is 23.0 Å². The first-order valence-electron chi connectivity index (χ1n) is 10.4. The van der Waals surface area contributed by atoms with Gasteiger partial charge in [-0.25, -0.2) is 4.98 Å². The summed E-state index contributed by atoms with van der Waals surface area (Å²) in [6.45, 7) is 5.13. The van der Waals surface area contributed by atoms with Crippen molar-refractivity contribution in [2.75, 3.05) is 44.0 Å². The van der Waals surface area contributed by atoms with Crippen molar-refractivity contribution in [2.45, 2.75) is 18.5 Å². The molecule has 0 atom stereocenters. The van der Waals surface area contributed by atoms with Gasteiger partial charge in [-0.1, -0.05) is 11.8 Å². The fourth-order valence-electron chi connectivity index (χ4n) is 3.19. The highest BCUT2D eigenvalue weighted by atomic mass is 32.2. The van der Waals surface area contributed by atoms with E-state index < -0.39 is 0 Å². The average molecular weight is 475 g/mol. The molecule has 0 spiro atoms. The Labute approximate surface area is 195 Å². The van der Waals surface area contributed by atoms with Crippen LogP contribution in [0, 0.1) is 0 Å². The van der Waals surface area contributed by atoms with E-state index in [-0.39, 0.29) is 5.91 Å². The Morgan fingerprint density at radius 3 is 2.78 bits per heavy atom. The molecule has 0 bridgehead atoms. The number of nitrogens with one attached hydrogen (secondary N) is 1. The maximum Gasteiger partial charge on any atom is 0.233 e. The van der Waals surface area contributed by atoms with Crippen molar-refractivity contribution >= 4 is 39.8 Å². The zero-order valence-corrected chi connectivity index (χ0v) is 19.7. The van der Waals surface area contributed by atoms with Gasteiger partial charge in [0.25, 0.3) is 0 Å². The monoisotopic (exact) mass is 474 g/mol. The molecule has 1 aliphatic heterocycles. The molecule has 0 aliphatic carbocycles. The van der Waals surface area contributed by atoms with E-state index >= 15 is 0 Å². The SMILES string of the molecule is CCOc1ccc(Nc2nc(Cc3nnc(SCC(=O)N4CCOCC4)n3C)cs2)cc1. The zero-order valence-electron chi connectivity index (χ0n) is 18.1. The lowest BCUT2D eigenvalue weighted by Crippen LogP contribution is -2.41. The number of ether oxygens (including phenoxy) is 2. The number of nitrogens with zero attached hydrogens (tertiary/aromatic N) is 5. The second kappa shape index (κ2) is 10.8. The molecule has 1 amide bonds. The molecule has 1 N–H and O–H groups in total. The van der Waals surface area contributed by atoms with Crippen molar-refractivity contribution in [2.24, 2.45) is 7.05 Å². The van der Waals surface area contributed by atoms with Crippen LogP contribution in [0.25, 0.3) is 0 Å². The van der Waals surface area contributed by atoms with E-state index in [1.54, 1.807) is 11.3 Å². The van der Waals surface area contributed by atoms with Crippen molar-refractivity contribution in [1.82, 2.24) is 24.6 Å². The highest BCUT2D eigenvalue weighted by Gasteiger charge is 2.19. The summed E-state index contributed by atoms with van der Waals surface area (Å²) in [4.78, 5) is 18.9. The van der Waals surface area contributed by atoms with Gasteiger partial charge >= 0.3 is 0 Å². The van der Waals surface area contributed by atoms with E-state index in [2.05, 4.69) is 20.5 Å². The number of rotatable bonds is 9. The number of hydrogen-bond donors (Lipinski definition) is 1. The Bertz CT molecular complexity index is 1030. The number of anilines is 2. The number of carbonyl (C=O) groups excluding carboxylic acids is 1. The van der Waals surface area contributed by atoms with Crippen LogP contribution in [0.4, 0.5) is 10.8 Å². The molecule has 4 rings (SSSR count). The van der Waals surface area contributed by atoms with Crippen LogP contribution in [0.2, 0.25) is 0 Å². The van der Waals surface area contributed by atoms with Crippen LogP contribution in [0.15, 0.2) is 34.8 Å². The summed E-state index contributed by atoms with van der Waals surface area (Å²) in [6.07, 6.45) is 0.572. The Balaban J connectivity index is 1.31. The minimum atomic E-state index is 0.104. The first-order chi connectivity index (χ1) is 15.6. The Kier molecular flexibility index (Phi) is 7.61. The van der Waals surface area contributed by atoms with Crippen molar-refractivity contribution in [1.29, 1.82) is 0 Å². The summed E-state index contributed by atoms with van der Waals surface area (Å²) >= 11 is 2.95. The second-order valence-electron chi connectivity index (χ2n) is 7.14. The van der Waals surface area contributed by atoms with E-state index in [1.807, 2.05) is 53.1 Å². The van der Waals surface area contributed by atoms with Crippen LogP contribution in [0.3, 0.4) is 0 Å². The summed E-state index contributed by atoms with van der Waals surface area (Å²) in [5.74, 6) is 2.11. The minimum Gasteiger partial charge on any atom is -0.494 e. The lowest BCUT2D eigenvalue weighted by Gasteiger charge is -2.26. The smallest absolute Gasteiger partial charge is 0.233 e. The molecule has 0 unspecified atom stereocenters. The van der Waals surface area contributed by atoms with Gasteiger partial charge in [0.15, 0.2) is 10.3 Å².